The van der Waals surface area contributed by atoms with Gasteiger partial charge in [-0.15, -0.1) is 0 Å². The monoisotopic (exact) mass is 303 g/mol. The summed E-state index contributed by atoms with van der Waals surface area (Å²) in [5.74, 6) is -1.01. The maximum absolute atomic E-state index is 10.9. The van der Waals surface area contributed by atoms with Crippen LogP contribution in [0.2, 0.25) is 0 Å². The van der Waals surface area contributed by atoms with Crippen LogP contribution in [0.1, 0.15) is 10.4 Å². The van der Waals surface area contributed by atoms with Crippen molar-refractivity contribution in [2.45, 2.75) is 0 Å². The lowest BCUT2D eigenvalue weighted by atomic mass is 10.1. The first-order valence-corrected chi connectivity index (χ1v) is 4.87. The summed E-state index contributed by atoms with van der Waals surface area (Å²) in [6, 6.07) is 3.17. The van der Waals surface area contributed by atoms with Crippen molar-refractivity contribution in [3.8, 4) is 0 Å². The van der Waals surface area contributed by atoms with Crippen LogP contribution in [0.4, 0.5) is 5.69 Å². The maximum Gasteiger partial charge on any atom is 0.339 e. The number of furan rings is 1. The van der Waals surface area contributed by atoms with Crippen LogP contribution in [0.15, 0.2) is 22.8 Å². The van der Waals surface area contributed by atoms with Crippen LogP contribution in [0.5, 0.6) is 0 Å². The standard InChI is InChI=1S/C9H6INO3/c10-6-3-5(9(12)13)8-4(7(6)11)1-2-14-8/h1-3H,11H2,(H,12,13). The fraction of sp³-hybridized carbons (Fsp3) is 0. The molecule has 0 atom stereocenters. The molecule has 0 aliphatic carbocycles. The first kappa shape index (κ1) is 9.32. The van der Waals surface area contributed by atoms with Crippen LogP contribution >= 0.6 is 22.6 Å². The highest BCUT2D eigenvalue weighted by atomic mass is 127. The third-order valence-corrected chi connectivity index (χ3v) is 2.85. The van der Waals surface area contributed by atoms with Gasteiger partial charge in [-0.05, 0) is 34.7 Å². The summed E-state index contributed by atoms with van der Waals surface area (Å²) in [6.07, 6.45) is 1.43. The van der Waals surface area contributed by atoms with E-state index >= 15 is 0 Å². The molecule has 2 rings (SSSR count). The molecular weight excluding hydrogens is 297 g/mol. The molecule has 3 N–H and O–H groups in total. The van der Waals surface area contributed by atoms with E-state index in [-0.39, 0.29) is 5.56 Å². The number of halogens is 1. The van der Waals surface area contributed by atoms with Crippen LogP contribution in [-0.4, -0.2) is 11.1 Å². The van der Waals surface area contributed by atoms with Gasteiger partial charge >= 0.3 is 5.97 Å². The van der Waals surface area contributed by atoms with Crippen molar-refractivity contribution in [1.82, 2.24) is 0 Å². The number of fused-ring (bicyclic) bond motifs is 1. The molecule has 0 radical (unpaired) electrons. The molecule has 1 aromatic carbocycles. The molecule has 0 amide bonds. The number of anilines is 1. The van der Waals surface area contributed by atoms with Crippen LogP contribution < -0.4 is 5.73 Å². The fourth-order valence-electron chi connectivity index (χ4n) is 1.29. The Kier molecular flexibility index (Phi) is 2.10. The molecule has 0 aliphatic heterocycles. The minimum Gasteiger partial charge on any atom is -0.478 e. The Morgan fingerprint density at radius 2 is 2.29 bits per heavy atom. The Morgan fingerprint density at radius 3 is 2.93 bits per heavy atom. The molecule has 5 heteroatoms. The molecule has 72 valence electrons. The Bertz CT molecular complexity index is 518. The predicted octanol–water partition coefficient (Wildman–Crippen LogP) is 2.32. The van der Waals surface area contributed by atoms with E-state index in [0.29, 0.717) is 20.2 Å². The Hall–Kier alpha value is -1.24. The quantitative estimate of drug-likeness (QED) is 0.626. The molecule has 0 saturated heterocycles. The van der Waals surface area contributed by atoms with Crippen molar-refractivity contribution in [1.29, 1.82) is 0 Å². The number of hydrogen-bond donors (Lipinski definition) is 2. The van der Waals surface area contributed by atoms with Gasteiger partial charge in [0, 0.05) is 8.96 Å². The number of nitrogen functional groups attached to an aromatic ring is 1. The van der Waals surface area contributed by atoms with Crippen molar-refractivity contribution in [3.05, 3.63) is 27.5 Å². The van der Waals surface area contributed by atoms with E-state index in [1.54, 1.807) is 6.07 Å². The summed E-state index contributed by atoms with van der Waals surface area (Å²) < 4.78 is 5.80. The third-order valence-electron chi connectivity index (χ3n) is 1.96. The second-order valence-corrected chi connectivity index (χ2v) is 3.95. The summed E-state index contributed by atoms with van der Waals surface area (Å²) in [6.45, 7) is 0. The minimum atomic E-state index is -1.01. The Morgan fingerprint density at radius 1 is 1.57 bits per heavy atom. The molecule has 1 heterocycles. The first-order chi connectivity index (χ1) is 6.61. The normalized spacial score (nSPS) is 10.6. The maximum atomic E-state index is 10.9. The van der Waals surface area contributed by atoms with Gasteiger partial charge in [-0.25, -0.2) is 4.79 Å². The summed E-state index contributed by atoms with van der Waals surface area (Å²) in [5.41, 5.74) is 6.80. The number of hydrogen-bond acceptors (Lipinski definition) is 3. The molecule has 0 spiro atoms. The molecule has 0 aliphatic rings. The van der Waals surface area contributed by atoms with Crippen molar-refractivity contribution >= 4 is 45.2 Å². The van der Waals surface area contributed by atoms with Gasteiger partial charge in [0.05, 0.1) is 12.0 Å². The van der Waals surface area contributed by atoms with E-state index < -0.39 is 5.97 Å². The van der Waals surface area contributed by atoms with Crippen molar-refractivity contribution in [3.63, 3.8) is 0 Å². The zero-order valence-corrected chi connectivity index (χ0v) is 9.11. The molecule has 0 saturated carbocycles. The lowest BCUT2D eigenvalue weighted by Gasteiger charge is -2.02. The van der Waals surface area contributed by atoms with Gasteiger partial charge in [-0.2, -0.15) is 0 Å². The van der Waals surface area contributed by atoms with Crippen molar-refractivity contribution in [2.24, 2.45) is 0 Å². The lowest BCUT2D eigenvalue weighted by molar-refractivity contribution is 0.0698. The molecule has 0 bridgehead atoms. The highest BCUT2D eigenvalue weighted by Gasteiger charge is 2.15. The average molecular weight is 303 g/mol. The number of rotatable bonds is 1. The zero-order valence-electron chi connectivity index (χ0n) is 6.95. The Balaban J connectivity index is 2.91. The van der Waals surface area contributed by atoms with Crippen LogP contribution in [0.3, 0.4) is 0 Å². The van der Waals surface area contributed by atoms with Gasteiger partial charge in [0.25, 0.3) is 0 Å². The number of aromatic carboxylic acids is 1. The SMILES string of the molecule is Nc1c(I)cc(C(=O)O)c2occc12. The number of nitrogens with two attached hydrogens (primary N) is 1. The molecule has 1 aromatic heterocycles. The van der Waals surface area contributed by atoms with Gasteiger partial charge in [0.15, 0.2) is 5.58 Å². The molecule has 4 nitrogen and oxygen atoms in total. The smallest absolute Gasteiger partial charge is 0.339 e. The number of carbonyl (C=O) groups is 1. The largest absolute Gasteiger partial charge is 0.478 e. The highest BCUT2D eigenvalue weighted by Crippen LogP contribution is 2.30. The van der Waals surface area contributed by atoms with E-state index in [2.05, 4.69) is 0 Å². The lowest BCUT2D eigenvalue weighted by Crippen LogP contribution is -2.00. The molecule has 2 aromatic rings. The molecular formula is C9H6INO3. The van der Waals surface area contributed by atoms with E-state index in [0.717, 1.165) is 0 Å². The summed E-state index contributed by atoms with van der Waals surface area (Å²) in [7, 11) is 0. The van der Waals surface area contributed by atoms with Gasteiger partial charge in [-0.1, -0.05) is 0 Å². The van der Waals surface area contributed by atoms with Crippen molar-refractivity contribution < 1.29 is 14.3 Å². The van der Waals surface area contributed by atoms with Gasteiger partial charge in [-0.3, -0.25) is 0 Å². The predicted molar refractivity (Wildman–Crippen MR) is 60.3 cm³/mol. The zero-order chi connectivity index (χ0) is 10.3. The van der Waals surface area contributed by atoms with Crippen LogP contribution in [0, 0.1) is 3.57 Å². The highest BCUT2D eigenvalue weighted by molar-refractivity contribution is 14.1. The molecule has 0 unspecified atom stereocenters. The molecule has 0 fully saturated rings. The van der Waals surface area contributed by atoms with E-state index in [1.807, 2.05) is 22.6 Å². The van der Waals surface area contributed by atoms with E-state index in [9.17, 15) is 4.79 Å². The second kappa shape index (κ2) is 3.16. The third kappa shape index (κ3) is 1.24. The minimum absolute atomic E-state index is 0.142. The summed E-state index contributed by atoms with van der Waals surface area (Å²) in [5, 5.41) is 9.56. The number of carboxylic acids is 1. The summed E-state index contributed by atoms with van der Waals surface area (Å²) in [4.78, 5) is 10.9. The van der Waals surface area contributed by atoms with Crippen molar-refractivity contribution in [2.75, 3.05) is 5.73 Å². The average Bonchev–Trinajstić information content (AvgIpc) is 2.59. The number of carboxylic acid groups (broad SMARTS) is 1. The van der Waals surface area contributed by atoms with Crippen LogP contribution in [-0.2, 0) is 0 Å². The van der Waals surface area contributed by atoms with Gasteiger partial charge in [0.2, 0.25) is 0 Å². The van der Waals surface area contributed by atoms with Crippen LogP contribution in [0.25, 0.3) is 11.0 Å². The van der Waals surface area contributed by atoms with E-state index in [4.69, 9.17) is 15.3 Å². The first-order valence-electron chi connectivity index (χ1n) is 3.79. The van der Waals surface area contributed by atoms with E-state index in [1.165, 1.54) is 12.3 Å². The fourth-order valence-corrected chi connectivity index (χ4v) is 1.89. The topological polar surface area (TPSA) is 76.5 Å². The van der Waals surface area contributed by atoms with Gasteiger partial charge in [0.1, 0.15) is 5.56 Å². The molecule has 14 heavy (non-hydrogen) atoms. The summed E-state index contributed by atoms with van der Waals surface area (Å²) >= 11 is 2.00. The second-order valence-electron chi connectivity index (χ2n) is 2.79. The van der Waals surface area contributed by atoms with Gasteiger partial charge < -0.3 is 15.3 Å². The number of benzene rings is 1. The Labute approximate surface area is 92.8 Å².